The van der Waals surface area contributed by atoms with Gasteiger partial charge in [-0.25, -0.2) is 0 Å². The molecule has 0 aliphatic carbocycles. The minimum absolute atomic E-state index is 0.121. The minimum atomic E-state index is -0.193. The third kappa shape index (κ3) is 5.47. The number of hydrogen-bond acceptors (Lipinski definition) is 6. The van der Waals surface area contributed by atoms with E-state index in [2.05, 4.69) is 20.5 Å². The van der Waals surface area contributed by atoms with Gasteiger partial charge in [0.25, 0.3) is 0 Å². The highest BCUT2D eigenvalue weighted by atomic mass is 35.5. The lowest BCUT2D eigenvalue weighted by molar-refractivity contribution is -0.113. The first kappa shape index (κ1) is 23.1. The quantitative estimate of drug-likeness (QED) is 0.310. The molecule has 0 aliphatic heterocycles. The first-order valence-electron chi connectivity index (χ1n) is 10.0. The van der Waals surface area contributed by atoms with Crippen molar-refractivity contribution in [3.05, 3.63) is 77.0 Å². The highest BCUT2D eigenvalue weighted by molar-refractivity contribution is 7.99. The van der Waals surface area contributed by atoms with Crippen LogP contribution in [0, 0.1) is 0 Å². The van der Waals surface area contributed by atoms with Gasteiger partial charge in [0.1, 0.15) is 5.75 Å². The number of pyridine rings is 1. The second-order valence-corrected chi connectivity index (χ2v) is 8.50. The largest absolute Gasteiger partial charge is 0.492 e. The number of nitrogens with one attached hydrogen (secondary N) is 1. The summed E-state index contributed by atoms with van der Waals surface area (Å²) < 4.78 is 7.41. The van der Waals surface area contributed by atoms with E-state index in [0.717, 1.165) is 11.3 Å². The van der Waals surface area contributed by atoms with Crippen LogP contribution in [0.25, 0.3) is 17.1 Å². The van der Waals surface area contributed by atoms with E-state index in [1.807, 2.05) is 47.9 Å². The lowest BCUT2D eigenvalue weighted by Gasteiger charge is -2.12. The van der Waals surface area contributed by atoms with E-state index < -0.39 is 0 Å². The topological polar surface area (TPSA) is 81.9 Å². The third-order valence-electron chi connectivity index (χ3n) is 4.53. The number of rotatable bonds is 8. The van der Waals surface area contributed by atoms with Gasteiger partial charge in [-0.15, -0.1) is 10.2 Å². The number of hydrogen-bond donors (Lipinski definition) is 1. The summed E-state index contributed by atoms with van der Waals surface area (Å²) in [5.74, 6) is 1.15. The molecule has 1 N–H and O–H groups in total. The van der Waals surface area contributed by atoms with Crippen molar-refractivity contribution in [2.75, 3.05) is 17.7 Å². The number of aromatic nitrogens is 4. The van der Waals surface area contributed by atoms with Crippen LogP contribution in [0.3, 0.4) is 0 Å². The fraction of sp³-hybridized carbons (Fsp3) is 0.130. The van der Waals surface area contributed by atoms with Gasteiger partial charge in [-0.3, -0.25) is 14.3 Å². The molecule has 0 saturated carbocycles. The van der Waals surface area contributed by atoms with Gasteiger partial charge in [0, 0.05) is 18.0 Å². The molecule has 4 aromatic rings. The summed E-state index contributed by atoms with van der Waals surface area (Å²) in [7, 11) is 0. The standard InChI is InChI=1S/C23H19Cl2N5O2S/c1-2-32-20-6-4-3-5-19(20)27-21(31)14-33-23-29-28-22(15-9-11-26-12-10-15)30(23)16-7-8-17(24)18(25)13-16/h3-13H,2,14H2,1H3,(H,27,31). The molecule has 33 heavy (non-hydrogen) atoms. The highest BCUT2D eigenvalue weighted by Gasteiger charge is 2.18. The first-order valence-corrected chi connectivity index (χ1v) is 11.8. The number of halogens is 2. The van der Waals surface area contributed by atoms with Gasteiger partial charge < -0.3 is 10.1 Å². The van der Waals surface area contributed by atoms with Crippen LogP contribution in [0.2, 0.25) is 10.0 Å². The Balaban J connectivity index is 1.60. The van der Waals surface area contributed by atoms with Crippen LogP contribution in [0.5, 0.6) is 5.75 Å². The van der Waals surface area contributed by atoms with Crippen LogP contribution in [0.4, 0.5) is 5.69 Å². The minimum Gasteiger partial charge on any atom is -0.492 e. The van der Waals surface area contributed by atoms with Crippen molar-refractivity contribution >= 4 is 46.6 Å². The fourth-order valence-electron chi connectivity index (χ4n) is 3.08. The van der Waals surface area contributed by atoms with Crippen LogP contribution in [0.15, 0.2) is 72.1 Å². The van der Waals surface area contributed by atoms with Crippen LogP contribution < -0.4 is 10.1 Å². The molecule has 4 rings (SSSR count). The van der Waals surface area contributed by atoms with Gasteiger partial charge in [-0.05, 0) is 49.4 Å². The molecule has 0 saturated heterocycles. The zero-order chi connectivity index (χ0) is 23.2. The lowest BCUT2D eigenvalue weighted by Crippen LogP contribution is -2.15. The Hall–Kier alpha value is -3.07. The van der Waals surface area contributed by atoms with Gasteiger partial charge in [-0.2, -0.15) is 0 Å². The van der Waals surface area contributed by atoms with Crippen molar-refractivity contribution in [2.24, 2.45) is 0 Å². The molecule has 0 spiro atoms. The molecule has 1 amide bonds. The van der Waals surface area contributed by atoms with Crippen LogP contribution >= 0.6 is 35.0 Å². The Kier molecular flexibility index (Phi) is 7.49. The lowest BCUT2D eigenvalue weighted by atomic mass is 10.2. The molecule has 0 atom stereocenters. The molecular weight excluding hydrogens is 481 g/mol. The number of anilines is 1. The second-order valence-electron chi connectivity index (χ2n) is 6.74. The zero-order valence-electron chi connectivity index (χ0n) is 17.5. The number of amides is 1. The van der Waals surface area contributed by atoms with Gasteiger partial charge in [0.2, 0.25) is 5.91 Å². The van der Waals surface area contributed by atoms with E-state index in [-0.39, 0.29) is 11.7 Å². The Morgan fingerprint density at radius 1 is 1.06 bits per heavy atom. The zero-order valence-corrected chi connectivity index (χ0v) is 19.9. The van der Waals surface area contributed by atoms with Crippen molar-refractivity contribution in [2.45, 2.75) is 12.1 Å². The molecule has 2 aromatic carbocycles. The van der Waals surface area contributed by atoms with Crippen molar-refractivity contribution < 1.29 is 9.53 Å². The first-order chi connectivity index (χ1) is 16.1. The molecule has 2 aromatic heterocycles. The van der Waals surface area contributed by atoms with Crippen molar-refractivity contribution in [1.29, 1.82) is 0 Å². The van der Waals surface area contributed by atoms with Gasteiger partial charge in [-0.1, -0.05) is 47.1 Å². The van der Waals surface area contributed by atoms with E-state index >= 15 is 0 Å². The number of carbonyl (C=O) groups excluding carboxylic acids is 1. The predicted molar refractivity (Wildman–Crippen MR) is 132 cm³/mol. The summed E-state index contributed by atoms with van der Waals surface area (Å²) in [5.41, 5.74) is 2.17. The summed E-state index contributed by atoms with van der Waals surface area (Å²) in [6.07, 6.45) is 3.36. The average molecular weight is 500 g/mol. The maximum absolute atomic E-state index is 12.7. The predicted octanol–water partition coefficient (Wildman–Crippen LogP) is 5.77. The Bertz CT molecular complexity index is 1270. The second kappa shape index (κ2) is 10.7. The average Bonchev–Trinajstić information content (AvgIpc) is 3.25. The number of para-hydroxylation sites is 2. The maximum atomic E-state index is 12.7. The number of benzene rings is 2. The molecule has 0 radical (unpaired) electrons. The molecule has 10 heteroatoms. The van der Waals surface area contributed by atoms with Gasteiger partial charge in [0.05, 0.1) is 33.8 Å². The van der Waals surface area contributed by atoms with E-state index in [1.54, 1.807) is 30.6 Å². The monoisotopic (exact) mass is 499 g/mol. The van der Waals surface area contributed by atoms with Gasteiger partial charge in [0.15, 0.2) is 11.0 Å². The number of ether oxygens (including phenoxy) is 1. The van der Waals surface area contributed by atoms with E-state index in [1.165, 1.54) is 11.8 Å². The molecule has 0 unspecified atom stereocenters. The fourth-order valence-corrected chi connectivity index (χ4v) is 4.12. The summed E-state index contributed by atoms with van der Waals surface area (Å²) in [6, 6.07) is 16.3. The van der Waals surface area contributed by atoms with E-state index in [4.69, 9.17) is 27.9 Å². The van der Waals surface area contributed by atoms with Crippen molar-refractivity contribution in [1.82, 2.24) is 19.7 Å². The molecule has 0 bridgehead atoms. The molecule has 0 aliphatic rings. The van der Waals surface area contributed by atoms with Gasteiger partial charge >= 0.3 is 0 Å². The molecular formula is C23H19Cl2N5O2S. The Labute approximate surface area is 205 Å². The maximum Gasteiger partial charge on any atom is 0.234 e. The number of thioether (sulfide) groups is 1. The van der Waals surface area contributed by atoms with E-state index in [0.29, 0.717) is 39.1 Å². The molecule has 2 heterocycles. The molecule has 168 valence electrons. The van der Waals surface area contributed by atoms with Crippen LogP contribution in [-0.2, 0) is 4.79 Å². The third-order valence-corrected chi connectivity index (χ3v) is 6.19. The van der Waals surface area contributed by atoms with Crippen molar-refractivity contribution in [3.63, 3.8) is 0 Å². The van der Waals surface area contributed by atoms with Crippen molar-refractivity contribution in [3.8, 4) is 22.8 Å². The van der Waals surface area contributed by atoms with Crippen LogP contribution in [-0.4, -0.2) is 38.0 Å². The van der Waals surface area contributed by atoms with E-state index in [9.17, 15) is 4.79 Å². The normalized spacial score (nSPS) is 10.8. The van der Waals surface area contributed by atoms with Crippen LogP contribution in [0.1, 0.15) is 6.92 Å². The Morgan fingerprint density at radius 2 is 1.85 bits per heavy atom. The summed E-state index contributed by atoms with van der Waals surface area (Å²) in [6.45, 7) is 2.40. The SMILES string of the molecule is CCOc1ccccc1NC(=O)CSc1nnc(-c2ccncc2)n1-c1ccc(Cl)c(Cl)c1. The molecule has 0 fully saturated rings. The summed E-state index contributed by atoms with van der Waals surface area (Å²) >= 11 is 13.6. The molecule has 7 nitrogen and oxygen atoms in total. The smallest absolute Gasteiger partial charge is 0.234 e. The number of carbonyl (C=O) groups is 1. The highest BCUT2D eigenvalue weighted by Crippen LogP contribution is 2.31. The Morgan fingerprint density at radius 3 is 2.61 bits per heavy atom. The summed E-state index contributed by atoms with van der Waals surface area (Å²) in [5, 5.41) is 13.0. The number of nitrogens with zero attached hydrogens (tertiary/aromatic N) is 4. The summed E-state index contributed by atoms with van der Waals surface area (Å²) in [4.78, 5) is 16.7.